The zero-order chi connectivity index (χ0) is 10.8. The van der Waals surface area contributed by atoms with Crippen LogP contribution in [0.4, 0.5) is 0 Å². The van der Waals surface area contributed by atoms with Crippen molar-refractivity contribution in [2.24, 2.45) is 0 Å². The first kappa shape index (κ1) is 9.71. The SMILES string of the molecule is Cc1cc(-c2ccccc2)cc(C)[n+]1[O-]. The Morgan fingerprint density at radius 2 is 1.40 bits per heavy atom. The van der Waals surface area contributed by atoms with Crippen molar-refractivity contribution in [3.63, 3.8) is 0 Å². The van der Waals surface area contributed by atoms with E-state index in [1.165, 1.54) is 0 Å². The minimum absolute atomic E-state index is 0.730. The van der Waals surface area contributed by atoms with Gasteiger partial charge in [0.05, 0.1) is 0 Å². The minimum atomic E-state index is 0.730. The quantitative estimate of drug-likeness (QED) is 0.512. The van der Waals surface area contributed by atoms with E-state index in [2.05, 4.69) is 0 Å². The third-order valence-electron chi connectivity index (χ3n) is 2.48. The van der Waals surface area contributed by atoms with Crippen LogP contribution in [0.3, 0.4) is 0 Å². The molecule has 0 saturated carbocycles. The maximum Gasteiger partial charge on any atom is 0.190 e. The molecular formula is C13H13NO. The first-order valence-electron chi connectivity index (χ1n) is 4.95. The van der Waals surface area contributed by atoms with E-state index >= 15 is 0 Å². The van der Waals surface area contributed by atoms with Crippen molar-refractivity contribution < 1.29 is 4.73 Å². The highest BCUT2D eigenvalue weighted by Crippen LogP contribution is 2.19. The molecular weight excluding hydrogens is 186 g/mol. The van der Waals surface area contributed by atoms with Gasteiger partial charge < -0.3 is 5.21 Å². The van der Waals surface area contributed by atoms with Gasteiger partial charge in [0.1, 0.15) is 0 Å². The van der Waals surface area contributed by atoms with Gasteiger partial charge in [-0.25, -0.2) is 0 Å². The number of hydrogen-bond donors (Lipinski definition) is 0. The molecule has 1 aromatic heterocycles. The second-order valence-electron chi connectivity index (χ2n) is 3.69. The molecule has 2 heteroatoms. The van der Waals surface area contributed by atoms with E-state index in [4.69, 9.17) is 0 Å². The van der Waals surface area contributed by atoms with Gasteiger partial charge in [-0.3, -0.25) is 0 Å². The Balaban J connectivity index is 2.56. The van der Waals surface area contributed by atoms with Gasteiger partial charge in [-0.15, -0.1) is 0 Å². The Kier molecular flexibility index (Phi) is 2.42. The Hall–Kier alpha value is -1.83. The molecule has 0 aliphatic heterocycles. The largest absolute Gasteiger partial charge is 0.618 e. The molecule has 2 aromatic rings. The van der Waals surface area contributed by atoms with Crippen molar-refractivity contribution in [1.29, 1.82) is 0 Å². The molecule has 76 valence electrons. The summed E-state index contributed by atoms with van der Waals surface area (Å²) >= 11 is 0. The average molecular weight is 199 g/mol. The lowest BCUT2D eigenvalue weighted by molar-refractivity contribution is -0.619. The van der Waals surface area contributed by atoms with Crippen LogP contribution in [0.2, 0.25) is 0 Å². The van der Waals surface area contributed by atoms with Gasteiger partial charge in [0, 0.05) is 26.0 Å². The van der Waals surface area contributed by atoms with Gasteiger partial charge in [-0.05, 0) is 11.1 Å². The summed E-state index contributed by atoms with van der Waals surface area (Å²) in [6, 6.07) is 13.9. The highest BCUT2D eigenvalue weighted by atomic mass is 16.5. The normalized spacial score (nSPS) is 10.3. The molecule has 0 aliphatic carbocycles. The van der Waals surface area contributed by atoms with Crippen molar-refractivity contribution in [2.75, 3.05) is 0 Å². The van der Waals surface area contributed by atoms with E-state index in [1.54, 1.807) is 0 Å². The molecule has 2 nitrogen and oxygen atoms in total. The third-order valence-corrected chi connectivity index (χ3v) is 2.48. The summed E-state index contributed by atoms with van der Waals surface area (Å²) in [7, 11) is 0. The van der Waals surface area contributed by atoms with Gasteiger partial charge in [-0.1, -0.05) is 30.3 Å². The van der Waals surface area contributed by atoms with E-state index in [1.807, 2.05) is 56.3 Å². The Bertz CT molecular complexity index is 454. The van der Waals surface area contributed by atoms with E-state index < -0.39 is 0 Å². The molecule has 1 heterocycles. The van der Waals surface area contributed by atoms with Gasteiger partial charge in [0.2, 0.25) is 0 Å². The van der Waals surface area contributed by atoms with Crippen LogP contribution in [0.25, 0.3) is 11.1 Å². The number of rotatable bonds is 1. The second kappa shape index (κ2) is 3.73. The molecule has 0 saturated heterocycles. The molecule has 1 aromatic carbocycles. The van der Waals surface area contributed by atoms with Crippen LogP contribution in [0.15, 0.2) is 42.5 Å². The van der Waals surface area contributed by atoms with E-state index in [0.29, 0.717) is 0 Å². The molecule has 0 atom stereocenters. The van der Waals surface area contributed by atoms with Crippen LogP contribution < -0.4 is 4.73 Å². The van der Waals surface area contributed by atoms with Gasteiger partial charge >= 0.3 is 0 Å². The van der Waals surface area contributed by atoms with Crippen LogP contribution in [-0.4, -0.2) is 0 Å². The van der Waals surface area contributed by atoms with Crippen LogP contribution in [-0.2, 0) is 0 Å². The average Bonchev–Trinajstić information content (AvgIpc) is 2.26. The molecule has 0 radical (unpaired) electrons. The second-order valence-corrected chi connectivity index (χ2v) is 3.69. The molecule has 0 amide bonds. The molecule has 0 aliphatic rings. The zero-order valence-electron chi connectivity index (χ0n) is 8.90. The summed E-state index contributed by atoms with van der Waals surface area (Å²) in [6.07, 6.45) is 0. The maximum absolute atomic E-state index is 11.5. The van der Waals surface area contributed by atoms with E-state index in [-0.39, 0.29) is 0 Å². The minimum Gasteiger partial charge on any atom is -0.618 e. The lowest BCUT2D eigenvalue weighted by atomic mass is 10.1. The summed E-state index contributed by atoms with van der Waals surface area (Å²) in [5.41, 5.74) is 3.70. The molecule has 15 heavy (non-hydrogen) atoms. The summed E-state index contributed by atoms with van der Waals surface area (Å²) in [5.74, 6) is 0. The highest BCUT2D eigenvalue weighted by Gasteiger charge is 2.07. The Morgan fingerprint density at radius 1 is 0.867 bits per heavy atom. The summed E-state index contributed by atoms with van der Waals surface area (Å²) < 4.78 is 0.951. The fraction of sp³-hybridized carbons (Fsp3) is 0.154. The Morgan fingerprint density at radius 3 is 1.93 bits per heavy atom. The monoisotopic (exact) mass is 199 g/mol. The topological polar surface area (TPSA) is 26.9 Å². The van der Waals surface area contributed by atoms with Gasteiger partial charge in [0.15, 0.2) is 11.4 Å². The fourth-order valence-corrected chi connectivity index (χ4v) is 1.68. The van der Waals surface area contributed by atoms with Crippen molar-refractivity contribution in [3.8, 4) is 11.1 Å². The standard InChI is InChI=1S/C13H13NO/c1-10-8-13(9-11(2)14(10)15)12-6-4-3-5-7-12/h3-9H,1-2H3. The molecule has 0 unspecified atom stereocenters. The molecule has 0 spiro atoms. The fourth-order valence-electron chi connectivity index (χ4n) is 1.68. The summed E-state index contributed by atoms with van der Waals surface area (Å²) in [6.45, 7) is 3.65. The first-order valence-corrected chi connectivity index (χ1v) is 4.95. The smallest absolute Gasteiger partial charge is 0.190 e. The first-order chi connectivity index (χ1) is 7.18. The van der Waals surface area contributed by atoms with Crippen LogP contribution in [0, 0.1) is 19.1 Å². The van der Waals surface area contributed by atoms with Crippen molar-refractivity contribution in [2.45, 2.75) is 13.8 Å². The molecule has 0 fully saturated rings. The van der Waals surface area contributed by atoms with E-state index in [0.717, 1.165) is 27.2 Å². The molecule has 0 N–H and O–H groups in total. The van der Waals surface area contributed by atoms with Gasteiger partial charge in [0.25, 0.3) is 0 Å². The predicted octanol–water partition coefficient (Wildman–Crippen LogP) is 2.60. The van der Waals surface area contributed by atoms with E-state index in [9.17, 15) is 5.21 Å². The number of hydrogen-bond acceptors (Lipinski definition) is 1. The number of benzene rings is 1. The maximum atomic E-state index is 11.5. The number of pyridine rings is 1. The van der Waals surface area contributed by atoms with Crippen LogP contribution in [0.5, 0.6) is 0 Å². The molecule has 2 rings (SSSR count). The summed E-state index contributed by atoms with van der Waals surface area (Å²) in [4.78, 5) is 0. The molecule has 0 bridgehead atoms. The van der Waals surface area contributed by atoms with Crippen molar-refractivity contribution in [1.82, 2.24) is 0 Å². The lowest BCUT2D eigenvalue weighted by Crippen LogP contribution is -2.33. The number of nitrogens with zero attached hydrogens (tertiary/aromatic N) is 1. The highest BCUT2D eigenvalue weighted by molar-refractivity contribution is 5.63. The van der Waals surface area contributed by atoms with Crippen molar-refractivity contribution in [3.05, 3.63) is 59.1 Å². The Labute approximate surface area is 89.4 Å². The lowest BCUT2D eigenvalue weighted by Gasteiger charge is -2.07. The number of aromatic nitrogens is 1. The van der Waals surface area contributed by atoms with Crippen LogP contribution in [0.1, 0.15) is 11.4 Å². The summed E-state index contributed by atoms with van der Waals surface area (Å²) in [5, 5.41) is 11.5. The van der Waals surface area contributed by atoms with Gasteiger partial charge in [-0.2, -0.15) is 4.73 Å². The van der Waals surface area contributed by atoms with Crippen LogP contribution >= 0.6 is 0 Å². The predicted molar refractivity (Wildman–Crippen MR) is 60.3 cm³/mol. The number of aryl methyl sites for hydroxylation is 2. The third kappa shape index (κ3) is 1.84. The zero-order valence-corrected chi connectivity index (χ0v) is 8.90. The van der Waals surface area contributed by atoms with Crippen molar-refractivity contribution >= 4 is 0 Å².